The van der Waals surface area contributed by atoms with Crippen molar-refractivity contribution in [2.24, 2.45) is 0 Å². The topological polar surface area (TPSA) is 50.1 Å². The van der Waals surface area contributed by atoms with E-state index in [1.165, 1.54) is 5.69 Å². The molecule has 0 fully saturated rings. The van der Waals surface area contributed by atoms with Crippen molar-refractivity contribution in [2.75, 3.05) is 6.54 Å². The Labute approximate surface area is 97.7 Å². The molecule has 0 aliphatic rings. The highest BCUT2D eigenvalue weighted by Gasteiger charge is 2.04. The lowest BCUT2D eigenvalue weighted by Crippen LogP contribution is -2.27. The van der Waals surface area contributed by atoms with Gasteiger partial charge in [-0.15, -0.1) is 0 Å². The van der Waals surface area contributed by atoms with Gasteiger partial charge in [0, 0.05) is 25.8 Å². The molecule has 1 aromatic heterocycles. The maximum absolute atomic E-state index is 9.57. The molecule has 0 aliphatic heterocycles. The molecule has 0 amide bonds. The Bertz CT molecular complexity index is 286. The number of aromatic nitrogens is 2. The van der Waals surface area contributed by atoms with Crippen LogP contribution in [-0.4, -0.2) is 27.3 Å². The molecular formula is C12H23N3O. The van der Waals surface area contributed by atoms with Gasteiger partial charge >= 0.3 is 0 Å². The summed E-state index contributed by atoms with van der Waals surface area (Å²) in [6.07, 6.45) is 6.52. The Balaban J connectivity index is 2.28. The van der Waals surface area contributed by atoms with Gasteiger partial charge in [-0.05, 0) is 12.8 Å². The Morgan fingerprint density at radius 2 is 2.25 bits per heavy atom. The van der Waals surface area contributed by atoms with Crippen molar-refractivity contribution in [3.63, 3.8) is 0 Å². The van der Waals surface area contributed by atoms with Gasteiger partial charge in [0.25, 0.3) is 0 Å². The summed E-state index contributed by atoms with van der Waals surface area (Å²) < 4.78 is 2.15. The summed E-state index contributed by atoms with van der Waals surface area (Å²) in [5.74, 6) is 0. The summed E-state index contributed by atoms with van der Waals surface area (Å²) in [7, 11) is 0. The molecule has 0 aromatic carbocycles. The predicted molar refractivity (Wildman–Crippen MR) is 65.1 cm³/mol. The van der Waals surface area contributed by atoms with Crippen LogP contribution in [0.2, 0.25) is 0 Å². The molecule has 1 rings (SSSR count). The highest BCUT2D eigenvalue weighted by Crippen LogP contribution is 2.01. The van der Waals surface area contributed by atoms with Gasteiger partial charge < -0.3 is 15.0 Å². The molecule has 0 radical (unpaired) electrons. The molecule has 4 heteroatoms. The highest BCUT2D eigenvalue weighted by atomic mass is 16.3. The van der Waals surface area contributed by atoms with Gasteiger partial charge in [0.15, 0.2) is 0 Å². The molecule has 1 unspecified atom stereocenters. The van der Waals surface area contributed by atoms with E-state index in [-0.39, 0.29) is 6.10 Å². The first kappa shape index (κ1) is 13.2. The van der Waals surface area contributed by atoms with Gasteiger partial charge in [0.2, 0.25) is 0 Å². The zero-order valence-corrected chi connectivity index (χ0v) is 10.3. The van der Waals surface area contributed by atoms with Crippen molar-refractivity contribution in [3.8, 4) is 0 Å². The molecule has 1 aromatic rings. The van der Waals surface area contributed by atoms with Gasteiger partial charge in [0.05, 0.1) is 18.1 Å². The van der Waals surface area contributed by atoms with E-state index in [4.69, 9.17) is 0 Å². The minimum atomic E-state index is -0.229. The normalized spacial score (nSPS) is 12.9. The van der Waals surface area contributed by atoms with E-state index in [0.717, 1.165) is 32.4 Å². The van der Waals surface area contributed by atoms with E-state index < -0.39 is 0 Å². The number of rotatable bonds is 8. The molecule has 92 valence electrons. The SMILES string of the molecule is CCCC(O)CNCc1cncn1CCC. The van der Waals surface area contributed by atoms with E-state index >= 15 is 0 Å². The van der Waals surface area contributed by atoms with Crippen LogP contribution in [0.15, 0.2) is 12.5 Å². The summed E-state index contributed by atoms with van der Waals surface area (Å²) in [5, 5.41) is 12.8. The smallest absolute Gasteiger partial charge is 0.0948 e. The lowest BCUT2D eigenvalue weighted by atomic mass is 10.2. The number of imidazole rings is 1. The van der Waals surface area contributed by atoms with Gasteiger partial charge in [-0.2, -0.15) is 0 Å². The first-order valence-electron chi connectivity index (χ1n) is 6.15. The van der Waals surface area contributed by atoms with Crippen molar-refractivity contribution >= 4 is 0 Å². The number of hydrogen-bond acceptors (Lipinski definition) is 3. The monoisotopic (exact) mass is 225 g/mol. The number of aryl methyl sites for hydroxylation is 1. The molecule has 1 heterocycles. The Morgan fingerprint density at radius 3 is 2.94 bits per heavy atom. The van der Waals surface area contributed by atoms with Gasteiger partial charge in [0.1, 0.15) is 0 Å². The molecule has 16 heavy (non-hydrogen) atoms. The average molecular weight is 225 g/mol. The lowest BCUT2D eigenvalue weighted by molar-refractivity contribution is 0.160. The number of nitrogens with zero attached hydrogens (tertiary/aromatic N) is 2. The van der Waals surface area contributed by atoms with Crippen LogP contribution < -0.4 is 5.32 Å². The highest BCUT2D eigenvalue weighted by molar-refractivity contribution is 4.97. The maximum Gasteiger partial charge on any atom is 0.0948 e. The third-order valence-electron chi connectivity index (χ3n) is 2.57. The van der Waals surface area contributed by atoms with Crippen LogP contribution in [0, 0.1) is 0 Å². The fourth-order valence-corrected chi connectivity index (χ4v) is 1.74. The predicted octanol–water partition coefficient (Wildman–Crippen LogP) is 1.54. The van der Waals surface area contributed by atoms with Crippen molar-refractivity contribution in [3.05, 3.63) is 18.2 Å². The van der Waals surface area contributed by atoms with Gasteiger partial charge in [-0.3, -0.25) is 0 Å². The molecule has 1 atom stereocenters. The van der Waals surface area contributed by atoms with E-state index in [2.05, 4.69) is 28.7 Å². The molecule has 0 saturated heterocycles. The first-order valence-corrected chi connectivity index (χ1v) is 6.15. The zero-order valence-electron chi connectivity index (χ0n) is 10.3. The minimum Gasteiger partial charge on any atom is -0.392 e. The van der Waals surface area contributed by atoms with Gasteiger partial charge in [-0.25, -0.2) is 4.98 Å². The third kappa shape index (κ3) is 4.33. The van der Waals surface area contributed by atoms with Crippen molar-refractivity contribution in [2.45, 2.75) is 52.3 Å². The molecule has 2 N–H and O–H groups in total. The number of hydrogen-bond donors (Lipinski definition) is 2. The quantitative estimate of drug-likeness (QED) is 0.705. The molecular weight excluding hydrogens is 202 g/mol. The second-order valence-corrected chi connectivity index (χ2v) is 4.15. The molecule has 4 nitrogen and oxygen atoms in total. The van der Waals surface area contributed by atoms with Crippen LogP contribution in [0.3, 0.4) is 0 Å². The zero-order chi connectivity index (χ0) is 11.8. The van der Waals surface area contributed by atoms with Crippen LogP contribution in [0.4, 0.5) is 0 Å². The van der Waals surface area contributed by atoms with Crippen LogP contribution in [0.25, 0.3) is 0 Å². The van der Waals surface area contributed by atoms with E-state index in [1.54, 1.807) is 0 Å². The van der Waals surface area contributed by atoms with E-state index in [1.807, 2.05) is 12.5 Å². The molecule has 0 saturated carbocycles. The number of aliphatic hydroxyl groups excluding tert-OH is 1. The van der Waals surface area contributed by atoms with E-state index in [0.29, 0.717) is 6.54 Å². The molecule has 0 aliphatic carbocycles. The van der Waals surface area contributed by atoms with E-state index in [9.17, 15) is 5.11 Å². The second kappa shape index (κ2) is 7.41. The van der Waals surface area contributed by atoms with Crippen LogP contribution in [0.1, 0.15) is 38.8 Å². The fourth-order valence-electron chi connectivity index (χ4n) is 1.74. The van der Waals surface area contributed by atoms with Crippen LogP contribution >= 0.6 is 0 Å². The Hall–Kier alpha value is -0.870. The summed E-state index contributed by atoms with van der Waals surface area (Å²) in [6, 6.07) is 0. The van der Waals surface area contributed by atoms with Crippen molar-refractivity contribution < 1.29 is 5.11 Å². The minimum absolute atomic E-state index is 0.229. The molecule has 0 spiro atoms. The summed E-state index contributed by atoms with van der Waals surface area (Å²) >= 11 is 0. The summed E-state index contributed by atoms with van der Waals surface area (Å²) in [4.78, 5) is 4.14. The van der Waals surface area contributed by atoms with Crippen molar-refractivity contribution in [1.82, 2.24) is 14.9 Å². The number of aliphatic hydroxyl groups is 1. The largest absolute Gasteiger partial charge is 0.392 e. The summed E-state index contributed by atoms with van der Waals surface area (Å²) in [5.41, 5.74) is 1.19. The third-order valence-corrected chi connectivity index (χ3v) is 2.57. The lowest BCUT2D eigenvalue weighted by Gasteiger charge is -2.11. The van der Waals surface area contributed by atoms with Crippen molar-refractivity contribution in [1.29, 1.82) is 0 Å². The fraction of sp³-hybridized carbons (Fsp3) is 0.750. The first-order chi connectivity index (χ1) is 7.77. The average Bonchev–Trinajstić information content (AvgIpc) is 2.67. The Morgan fingerprint density at radius 1 is 1.44 bits per heavy atom. The Kier molecular flexibility index (Phi) is 6.11. The number of nitrogens with one attached hydrogen (secondary N) is 1. The second-order valence-electron chi connectivity index (χ2n) is 4.15. The standard InChI is InChI=1S/C12H23N3O/c1-3-5-12(16)9-13-7-11-8-14-10-15(11)6-4-2/h8,10,12-13,16H,3-7,9H2,1-2H3. The molecule has 0 bridgehead atoms. The van der Waals surface area contributed by atoms with Crippen LogP contribution in [-0.2, 0) is 13.1 Å². The van der Waals surface area contributed by atoms with Gasteiger partial charge in [-0.1, -0.05) is 20.3 Å². The van der Waals surface area contributed by atoms with Crippen LogP contribution in [0.5, 0.6) is 0 Å². The summed E-state index contributed by atoms with van der Waals surface area (Å²) in [6.45, 7) is 6.68. The maximum atomic E-state index is 9.57.